The number of nitrogens with zero attached hydrogens (tertiary/aromatic N) is 2. The molecule has 7 heteroatoms. The van der Waals surface area contributed by atoms with Gasteiger partial charge >= 0.3 is 5.97 Å². The van der Waals surface area contributed by atoms with Crippen LogP contribution in [0.25, 0.3) is 0 Å². The van der Waals surface area contributed by atoms with E-state index < -0.39 is 11.5 Å². The molecule has 0 spiro atoms. The second-order valence-electron chi connectivity index (χ2n) is 2.92. The van der Waals surface area contributed by atoms with Gasteiger partial charge in [-0.3, -0.25) is 9.59 Å². The third kappa shape index (κ3) is 2.51. The van der Waals surface area contributed by atoms with Gasteiger partial charge in [0.1, 0.15) is 12.2 Å². The molecule has 0 aromatic carbocycles. The fourth-order valence-corrected chi connectivity index (χ4v) is 1.13. The van der Waals surface area contributed by atoms with Crippen molar-refractivity contribution in [1.29, 1.82) is 0 Å². The average Bonchev–Trinajstić information content (AvgIpc) is 2.21. The molecule has 4 N–H and O–H groups in total. The number of hydrogen-bond acceptors (Lipinski definition) is 5. The normalized spacial score (nSPS) is 9.44. The Morgan fingerprint density at radius 1 is 1.75 bits per heavy atom. The Morgan fingerprint density at radius 2 is 2.44 bits per heavy atom. The van der Waals surface area contributed by atoms with Crippen LogP contribution in [0.15, 0.2) is 11.1 Å². The van der Waals surface area contributed by atoms with Gasteiger partial charge in [-0.05, 0) is 0 Å². The van der Waals surface area contributed by atoms with E-state index in [1.165, 1.54) is 4.90 Å². The molecular weight excluding hydrogens is 212 g/mol. The fourth-order valence-electron chi connectivity index (χ4n) is 1.13. The molecule has 1 rings (SSSR count). The first-order chi connectivity index (χ1) is 7.56. The van der Waals surface area contributed by atoms with E-state index in [0.717, 1.165) is 6.33 Å². The molecule has 0 aliphatic heterocycles. The summed E-state index contributed by atoms with van der Waals surface area (Å²) in [5, 5.41) is 8.67. The zero-order valence-corrected chi connectivity index (χ0v) is 8.30. The molecule has 16 heavy (non-hydrogen) atoms. The van der Waals surface area contributed by atoms with Crippen molar-refractivity contribution in [3.8, 4) is 12.3 Å². The van der Waals surface area contributed by atoms with Crippen molar-refractivity contribution >= 4 is 17.5 Å². The molecule has 0 saturated carbocycles. The third-order valence-corrected chi connectivity index (χ3v) is 1.78. The van der Waals surface area contributed by atoms with E-state index in [0.29, 0.717) is 0 Å². The van der Waals surface area contributed by atoms with Crippen molar-refractivity contribution in [2.75, 3.05) is 23.7 Å². The van der Waals surface area contributed by atoms with Crippen molar-refractivity contribution in [1.82, 2.24) is 9.97 Å². The topological polar surface area (TPSA) is 112 Å². The van der Waals surface area contributed by atoms with Gasteiger partial charge in [-0.25, -0.2) is 4.98 Å². The average molecular weight is 222 g/mol. The lowest BCUT2D eigenvalue weighted by Gasteiger charge is -2.19. The number of hydrogen-bond donors (Lipinski definition) is 3. The van der Waals surface area contributed by atoms with Crippen LogP contribution in [-0.4, -0.2) is 34.1 Å². The highest BCUT2D eigenvalue weighted by Gasteiger charge is 2.15. The van der Waals surface area contributed by atoms with E-state index in [9.17, 15) is 9.59 Å². The Bertz CT molecular complexity index is 488. The molecular formula is C9H10N4O3. The van der Waals surface area contributed by atoms with Gasteiger partial charge in [-0.2, -0.15) is 0 Å². The summed E-state index contributed by atoms with van der Waals surface area (Å²) in [5.74, 6) is 1.26. The summed E-state index contributed by atoms with van der Waals surface area (Å²) in [7, 11) is 0. The summed E-state index contributed by atoms with van der Waals surface area (Å²) < 4.78 is 0. The summed E-state index contributed by atoms with van der Waals surface area (Å²) >= 11 is 0. The second kappa shape index (κ2) is 4.84. The maximum absolute atomic E-state index is 11.2. The van der Waals surface area contributed by atoms with Crippen LogP contribution >= 0.6 is 0 Å². The fraction of sp³-hybridized carbons (Fsp3) is 0.222. The van der Waals surface area contributed by atoms with E-state index in [-0.39, 0.29) is 24.6 Å². The number of carbonyl (C=O) groups is 1. The molecule has 0 radical (unpaired) electrons. The predicted molar refractivity (Wildman–Crippen MR) is 58.0 cm³/mol. The number of aromatic amines is 1. The first-order valence-corrected chi connectivity index (χ1v) is 4.29. The zero-order chi connectivity index (χ0) is 12.1. The predicted octanol–water partition coefficient (Wildman–Crippen LogP) is -1.12. The second-order valence-corrected chi connectivity index (χ2v) is 2.92. The molecule has 0 aliphatic rings. The van der Waals surface area contributed by atoms with Crippen LogP contribution in [0.1, 0.15) is 0 Å². The van der Waals surface area contributed by atoms with E-state index in [4.69, 9.17) is 17.3 Å². The molecule has 0 unspecified atom stereocenters. The molecule has 1 aromatic rings. The van der Waals surface area contributed by atoms with Crippen molar-refractivity contribution < 1.29 is 9.90 Å². The Morgan fingerprint density at radius 3 is 3.00 bits per heavy atom. The van der Waals surface area contributed by atoms with Gasteiger partial charge in [-0.1, -0.05) is 5.92 Å². The quantitative estimate of drug-likeness (QED) is 0.556. The van der Waals surface area contributed by atoms with Gasteiger partial charge in [0.2, 0.25) is 0 Å². The first kappa shape index (κ1) is 11.6. The Labute approximate surface area is 90.9 Å². The number of terminal acetylenes is 1. The maximum Gasteiger partial charge on any atom is 0.323 e. The van der Waals surface area contributed by atoms with Gasteiger partial charge in [0.25, 0.3) is 5.56 Å². The monoisotopic (exact) mass is 222 g/mol. The Hall–Kier alpha value is -2.49. The largest absolute Gasteiger partial charge is 0.480 e. The Kier molecular flexibility index (Phi) is 3.50. The number of rotatable bonds is 4. The van der Waals surface area contributed by atoms with Gasteiger partial charge in [0.15, 0.2) is 5.82 Å². The SMILES string of the molecule is C#CCN(CC(=O)O)c1nc[nH]c(=O)c1N. The number of aliphatic carboxylic acids is 1. The minimum absolute atomic E-state index is 0.00690. The molecule has 0 saturated heterocycles. The van der Waals surface area contributed by atoms with Crippen molar-refractivity contribution in [2.45, 2.75) is 0 Å². The third-order valence-electron chi connectivity index (χ3n) is 1.78. The Balaban J connectivity index is 3.11. The van der Waals surface area contributed by atoms with Crippen molar-refractivity contribution in [2.24, 2.45) is 0 Å². The smallest absolute Gasteiger partial charge is 0.323 e. The molecule has 1 heterocycles. The summed E-state index contributed by atoms with van der Waals surface area (Å²) in [4.78, 5) is 29.1. The molecule has 0 bridgehead atoms. The van der Waals surface area contributed by atoms with Gasteiger partial charge in [0, 0.05) is 0 Å². The van der Waals surface area contributed by atoms with Crippen molar-refractivity contribution in [3.63, 3.8) is 0 Å². The number of H-pyrrole nitrogens is 1. The number of aromatic nitrogens is 2. The van der Waals surface area contributed by atoms with Gasteiger partial charge in [0.05, 0.1) is 12.9 Å². The van der Waals surface area contributed by atoms with Crippen LogP contribution in [0, 0.1) is 12.3 Å². The number of carboxylic acids is 1. The molecule has 0 atom stereocenters. The lowest BCUT2D eigenvalue weighted by molar-refractivity contribution is -0.135. The van der Waals surface area contributed by atoms with Crippen LogP contribution in [-0.2, 0) is 4.79 Å². The van der Waals surface area contributed by atoms with Crippen molar-refractivity contribution in [3.05, 3.63) is 16.7 Å². The highest BCUT2D eigenvalue weighted by atomic mass is 16.4. The van der Waals surface area contributed by atoms with Gasteiger partial charge in [-0.15, -0.1) is 6.42 Å². The van der Waals surface area contributed by atoms with E-state index in [1.807, 2.05) is 0 Å². The number of nitrogens with one attached hydrogen (secondary N) is 1. The van der Waals surface area contributed by atoms with Crippen LogP contribution in [0.3, 0.4) is 0 Å². The summed E-state index contributed by atoms with van der Waals surface area (Å²) in [6.07, 6.45) is 6.23. The number of anilines is 2. The molecule has 1 aromatic heterocycles. The van der Waals surface area contributed by atoms with Crippen LogP contribution in [0.5, 0.6) is 0 Å². The summed E-state index contributed by atoms with van der Waals surface area (Å²) in [6.45, 7) is -0.363. The highest BCUT2D eigenvalue weighted by molar-refractivity contribution is 5.75. The van der Waals surface area contributed by atoms with E-state index >= 15 is 0 Å². The van der Waals surface area contributed by atoms with E-state index in [2.05, 4.69) is 15.9 Å². The number of nitrogen functional groups attached to an aromatic ring is 1. The molecule has 0 fully saturated rings. The molecule has 84 valence electrons. The van der Waals surface area contributed by atoms with Crippen LogP contribution < -0.4 is 16.2 Å². The highest BCUT2D eigenvalue weighted by Crippen LogP contribution is 2.13. The molecule has 0 amide bonds. The van der Waals surface area contributed by atoms with E-state index in [1.54, 1.807) is 0 Å². The minimum Gasteiger partial charge on any atom is -0.480 e. The first-order valence-electron chi connectivity index (χ1n) is 4.29. The number of carboxylic acid groups (broad SMARTS) is 1. The molecule has 7 nitrogen and oxygen atoms in total. The van der Waals surface area contributed by atoms with Gasteiger partial charge < -0.3 is 20.7 Å². The lowest BCUT2D eigenvalue weighted by Crippen LogP contribution is -2.33. The molecule has 0 aliphatic carbocycles. The number of nitrogens with two attached hydrogens (primary N) is 1. The van der Waals surface area contributed by atoms with Crippen LogP contribution in [0.4, 0.5) is 11.5 Å². The summed E-state index contributed by atoms with van der Waals surface area (Å²) in [6, 6.07) is 0. The zero-order valence-electron chi connectivity index (χ0n) is 8.30. The standard InChI is InChI=1S/C9H10N4O3/c1-2-3-13(4-6(14)15)8-7(10)9(16)12-5-11-8/h1,5H,3-4,10H2,(H,14,15)(H,11,12,16). The minimum atomic E-state index is -1.09. The maximum atomic E-state index is 11.2. The summed E-state index contributed by atoms with van der Waals surface area (Å²) in [5.41, 5.74) is 4.80. The van der Waals surface area contributed by atoms with Crippen LogP contribution in [0.2, 0.25) is 0 Å². The lowest BCUT2D eigenvalue weighted by atomic mass is 10.4.